The summed E-state index contributed by atoms with van der Waals surface area (Å²) in [6, 6.07) is 16.5. The third-order valence-corrected chi connectivity index (χ3v) is 5.76. The number of nitrogens with zero attached hydrogens (tertiary/aromatic N) is 5. The summed E-state index contributed by atoms with van der Waals surface area (Å²) in [5.41, 5.74) is 8.05. The van der Waals surface area contributed by atoms with E-state index in [-0.39, 0.29) is 0 Å². The molecule has 3 heterocycles. The Bertz CT molecular complexity index is 1620. The van der Waals surface area contributed by atoms with Crippen LogP contribution in [0.1, 0.15) is 5.56 Å². The van der Waals surface area contributed by atoms with E-state index in [2.05, 4.69) is 70.9 Å². The maximum atomic E-state index is 4.62. The smallest absolute Gasteiger partial charge is 0.222 e. The van der Waals surface area contributed by atoms with E-state index in [0.29, 0.717) is 12.5 Å². The van der Waals surface area contributed by atoms with E-state index in [9.17, 15) is 0 Å². The Morgan fingerprint density at radius 3 is 2.76 bits per heavy atom. The molecule has 0 amide bonds. The number of aromatic nitrogens is 6. The summed E-state index contributed by atoms with van der Waals surface area (Å²) >= 11 is 0. The Morgan fingerprint density at radius 2 is 1.82 bits per heavy atom. The molecular formula is C25H20N8. The molecule has 0 atom stereocenters. The molecule has 0 fully saturated rings. The minimum Gasteiger partial charge on any atom is -0.381 e. The van der Waals surface area contributed by atoms with E-state index < -0.39 is 0 Å². The quantitative estimate of drug-likeness (QED) is 0.360. The molecule has 0 radical (unpaired) electrons. The highest BCUT2D eigenvalue weighted by atomic mass is 15.1. The van der Waals surface area contributed by atoms with Crippen molar-refractivity contribution in [2.24, 2.45) is 0 Å². The van der Waals surface area contributed by atoms with Crippen LogP contribution in [-0.4, -0.2) is 37.0 Å². The SMILES string of the molecule is CNc1ncc2cc(-c3c(CNc4ccc5nc[nH]c5c4)ccc4cncnc34)ccc2n1. The summed E-state index contributed by atoms with van der Waals surface area (Å²) in [5.74, 6) is 0.604. The van der Waals surface area contributed by atoms with Gasteiger partial charge in [-0.2, -0.15) is 0 Å². The zero-order valence-corrected chi connectivity index (χ0v) is 17.9. The van der Waals surface area contributed by atoms with Gasteiger partial charge < -0.3 is 15.6 Å². The van der Waals surface area contributed by atoms with E-state index >= 15 is 0 Å². The Balaban J connectivity index is 1.44. The first-order valence-electron chi connectivity index (χ1n) is 10.6. The van der Waals surface area contributed by atoms with Crippen molar-refractivity contribution in [3.8, 4) is 11.1 Å². The van der Waals surface area contributed by atoms with Gasteiger partial charge in [-0.05, 0) is 41.5 Å². The predicted octanol–water partition coefficient (Wildman–Crippen LogP) is 4.77. The number of benzene rings is 3. The number of imidazole rings is 1. The van der Waals surface area contributed by atoms with Crippen molar-refractivity contribution in [1.29, 1.82) is 0 Å². The van der Waals surface area contributed by atoms with E-state index in [4.69, 9.17) is 0 Å². The molecule has 6 rings (SSSR count). The van der Waals surface area contributed by atoms with Gasteiger partial charge in [0.25, 0.3) is 0 Å². The number of H-pyrrole nitrogens is 1. The molecule has 0 unspecified atom stereocenters. The zero-order chi connectivity index (χ0) is 22.2. The summed E-state index contributed by atoms with van der Waals surface area (Å²) in [7, 11) is 1.81. The third-order valence-electron chi connectivity index (χ3n) is 5.76. The van der Waals surface area contributed by atoms with Crippen LogP contribution in [0.15, 0.2) is 73.6 Å². The normalized spacial score (nSPS) is 11.3. The average molecular weight is 432 g/mol. The van der Waals surface area contributed by atoms with Gasteiger partial charge in [0.2, 0.25) is 5.95 Å². The molecule has 0 bridgehead atoms. The third kappa shape index (κ3) is 3.47. The van der Waals surface area contributed by atoms with Crippen molar-refractivity contribution < 1.29 is 0 Å². The van der Waals surface area contributed by atoms with Gasteiger partial charge >= 0.3 is 0 Å². The molecule has 6 aromatic rings. The number of nitrogens with one attached hydrogen (secondary N) is 3. The molecule has 0 aliphatic rings. The first kappa shape index (κ1) is 19.1. The standard InChI is InChI=1S/C25H20N8/c1-26-25-29-12-18-8-15(4-6-20(18)33-25)23-16(2-3-17-10-27-13-32-24(17)23)11-28-19-5-7-21-22(9-19)31-14-30-21/h2-10,12-14,28H,11H2,1H3,(H,30,31)(H,26,29,33). The summed E-state index contributed by atoms with van der Waals surface area (Å²) in [6.07, 6.45) is 6.99. The molecule has 0 spiro atoms. The van der Waals surface area contributed by atoms with Gasteiger partial charge in [0, 0.05) is 48.0 Å². The molecule has 0 aliphatic heterocycles. The van der Waals surface area contributed by atoms with E-state index in [1.807, 2.05) is 37.6 Å². The van der Waals surface area contributed by atoms with Crippen molar-refractivity contribution in [3.05, 3.63) is 79.1 Å². The molecule has 8 nitrogen and oxygen atoms in total. The number of hydrogen-bond donors (Lipinski definition) is 3. The lowest BCUT2D eigenvalue weighted by atomic mass is 9.95. The molecule has 0 saturated carbocycles. The van der Waals surface area contributed by atoms with Crippen LogP contribution in [0.25, 0.3) is 44.0 Å². The minimum atomic E-state index is 0.604. The first-order valence-corrected chi connectivity index (χ1v) is 10.6. The van der Waals surface area contributed by atoms with Gasteiger partial charge in [-0.25, -0.2) is 24.9 Å². The Hall–Kier alpha value is -4.59. The highest BCUT2D eigenvalue weighted by Gasteiger charge is 2.13. The topological polar surface area (TPSA) is 104 Å². The van der Waals surface area contributed by atoms with Crippen molar-refractivity contribution in [1.82, 2.24) is 29.9 Å². The monoisotopic (exact) mass is 432 g/mol. The lowest BCUT2D eigenvalue weighted by Crippen LogP contribution is -2.03. The number of rotatable bonds is 5. The second kappa shape index (κ2) is 7.83. The number of anilines is 2. The van der Waals surface area contributed by atoms with Crippen LogP contribution in [0.5, 0.6) is 0 Å². The molecular weight excluding hydrogens is 412 g/mol. The second-order valence-electron chi connectivity index (χ2n) is 7.77. The molecule has 3 aromatic carbocycles. The molecule has 33 heavy (non-hydrogen) atoms. The second-order valence-corrected chi connectivity index (χ2v) is 7.77. The van der Waals surface area contributed by atoms with Crippen molar-refractivity contribution >= 4 is 44.5 Å². The number of aromatic amines is 1. The van der Waals surface area contributed by atoms with Crippen LogP contribution in [-0.2, 0) is 6.54 Å². The predicted molar refractivity (Wildman–Crippen MR) is 131 cm³/mol. The maximum absolute atomic E-state index is 4.62. The summed E-state index contributed by atoms with van der Waals surface area (Å²) in [4.78, 5) is 25.2. The largest absolute Gasteiger partial charge is 0.381 e. The van der Waals surface area contributed by atoms with E-state index in [1.165, 1.54) is 0 Å². The first-order chi connectivity index (χ1) is 16.3. The van der Waals surface area contributed by atoms with Crippen molar-refractivity contribution in [3.63, 3.8) is 0 Å². The van der Waals surface area contributed by atoms with Gasteiger partial charge in [-0.1, -0.05) is 18.2 Å². The summed E-state index contributed by atoms with van der Waals surface area (Å²) in [6.45, 7) is 0.641. The van der Waals surface area contributed by atoms with Gasteiger partial charge in [0.05, 0.1) is 28.4 Å². The molecule has 0 aliphatic carbocycles. The van der Waals surface area contributed by atoms with Crippen LogP contribution in [0.4, 0.5) is 11.6 Å². The average Bonchev–Trinajstić information content (AvgIpc) is 3.34. The minimum absolute atomic E-state index is 0.604. The van der Waals surface area contributed by atoms with Gasteiger partial charge in [0.15, 0.2) is 0 Å². The molecule has 3 aromatic heterocycles. The Morgan fingerprint density at radius 1 is 0.879 bits per heavy atom. The summed E-state index contributed by atoms with van der Waals surface area (Å²) in [5, 5.41) is 8.50. The molecule has 8 heteroatoms. The van der Waals surface area contributed by atoms with Gasteiger partial charge in [-0.15, -0.1) is 0 Å². The summed E-state index contributed by atoms with van der Waals surface area (Å²) < 4.78 is 0. The molecule has 160 valence electrons. The fourth-order valence-electron chi connectivity index (χ4n) is 4.12. The van der Waals surface area contributed by atoms with Crippen LogP contribution in [0.2, 0.25) is 0 Å². The highest BCUT2D eigenvalue weighted by Crippen LogP contribution is 2.33. The van der Waals surface area contributed by atoms with Crippen LogP contribution >= 0.6 is 0 Å². The zero-order valence-electron chi connectivity index (χ0n) is 17.9. The fourth-order valence-corrected chi connectivity index (χ4v) is 4.12. The molecule has 3 N–H and O–H groups in total. The van der Waals surface area contributed by atoms with Crippen LogP contribution in [0.3, 0.4) is 0 Å². The van der Waals surface area contributed by atoms with E-state index in [1.54, 1.807) is 12.7 Å². The fraction of sp³-hybridized carbons (Fsp3) is 0.0800. The van der Waals surface area contributed by atoms with E-state index in [0.717, 1.165) is 55.2 Å². The highest BCUT2D eigenvalue weighted by molar-refractivity contribution is 5.97. The van der Waals surface area contributed by atoms with Crippen molar-refractivity contribution in [2.45, 2.75) is 6.54 Å². The number of hydrogen-bond acceptors (Lipinski definition) is 7. The van der Waals surface area contributed by atoms with Gasteiger partial charge in [-0.3, -0.25) is 0 Å². The van der Waals surface area contributed by atoms with Gasteiger partial charge in [0.1, 0.15) is 6.33 Å². The lowest BCUT2D eigenvalue weighted by molar-refractivity contribution is 1.15. The Labute approximate surface area is 189 Å². The molecule has 0 saturated heterocycles. The lowest BCUT2D eigenvalue weighted by Gasteiger charge is -2.15. The Kier molecular flexibility index (Phi) is 4.54. The van der Waals surface area contributed by atoms with Crippen LogP contribution < -0.4 is 10.6 Å². The van der Waals surface area contributed by atoms with Crippen molar-refractivity contribution in [2.75, 3.05) is 17.7 Å². The van der Waals surface area contributed by atoms with Crippen LogP contribution in [0, 0.1) is 0 Å². The number of fused-ring (bicyclic) bond motifs is 3. The maximum Gasteiger partial charge on any atom is 0.222 e.